The lowest BCUT2D eigenvalue weighted by Gasteiger charge is -2.35. The van der Waals surface area contributed by atoms with E-state index < -0.39 is 17.4 Å². The summed E-state index contributed by atoms with van der Waals surface area (Å²) >= 11 is 0. The van der Waals surface area contributed by atoms with Crippen molar-refractivity contribution < 1.29 is 13.6 Å². The summed E-state index contributed by atoms with van der Waals surface area (Å²) < 4.78 is 22.5. The van der Waals surface area contributed by atoms with E-state index in [9.17, 15) is 9.59 Å². The van der Waals surface area contributed by atoms with Crippen LogP contribution in [0, 0.1) is 18.7 Å². The van der Waals surface area contributed by atoms with E-state index in [4.69, 9.17) is 15.1 Å². The third-order valence-electron chi connectivity index (χ3n) is 7.16. The van der Waals surface area contributed by atoms with Crippen molar-refractivity contribution in [3.05, 3.63) is 111 Å². The van der Waals surface area contributed by atoms with E-state index in [0.717, 1.165) is 11.1 Å². The van der Waals surface area contributed by atoms with E-state index in [0.29, 0.717) is 30.9 Å². The zero-order valence-electron chi connectivity index (χ0n) is 22.9. The van der Waals surface area contributed by atoms with Crippen molar-refractivity contribution in [2.24, 2.45) is 11.7 Å². The van der Waals surface area contributed by atoms with Crippen molar-refractivity contribution in [1.82, 2.24) is 14.5 Å². The minimum Gasteiger partial charge on any atom is -0.448 e. The summed E-state index contributed by atoms with van der Waals surface area (Å²) in [5.41, 5.74) is 8.31. The van der Waals surface area contributed by atoms with Gasteiger partial charge in [-0.15, -0.1) is 0 Å². The molecular weight excluding hydrogens is 507 g/mol. The molecular formula is C32H33FN4O3. The van der Waals surface area contributed by atoms with Crippen molar-refractivity contribution in [3.63, 3.8) is 0 Å². The van der Waals surface area contributed by atoms with Gasteiger partial charge in [-0.05, 0) is 55.6 Å². The average Bonchev–Trinajstić information content (AvgIpc) is 3.33. The molecule has 7 nitrogen and oxygen atoms in total. The maximum atomic E-state index is 15.0. The van der Waals surface area contributed by atoms with Gasteiger partial charge in [0.15, 0.2) is 0 Å². The number of amides is 1. The Labute approximate surface area is 232 Å². The molecule has 2 aromatic heterocycles. The summed E-state index contributed by atoms with van der Waals surface area (Å²) in [4.78, 5) is 34.7. The van der Waals surface area contributed by atoms with Crippen molar-refractivity contribution in [2.75, 3.05) is 13.1 Å². The molecule has 0 bridgehead atoms. The Kier molecular flexibility index (Phi) is 7.80. The van der Waals surface area contributed by atoms with Gasteiger partial charge < -0.3 is 15.1 Å². The number of rotatable bonds is 9. The standard InChI is InChI=1S/C32H33FN4O3/c1-20(2)28(36(18-8-17-34)31(38)23-15-13-21(3)14-16-23)30-35-27-26-24(33)11-7-12-25(26)40-29(27)32(39)37(30)19-22-9-5-4-6-10-22/h4-7,9-16,20,28H,8,17-19,34H2,1-3H3. The largest absolute Gasteiger partial charge is 0.448 e. The number of benzene rings is 3. The SMILES string of the molecule is Cc1ccc(C(=O)N(CCCN)C(c2nc3c(oc4cccc(F)c43)c(=O)n2Cc2ccccc2)C(C)C)cc1. The van der Waals surface area contributed by atoms with E-state index >= 15 is 4.39 Å². The van der Waals surface area contributed by atoms with E-state index in [1.807, 2.05) is 63.2 Å². The van der Waals surface area contributed by atoms with Crippen LogP contribution in [0.15, 0.2) is 82.0 Å². The van der Waals surface area contributed by atoms with Gasteiger partial charge in [-0.3, -0.25) is 14.2 Å². The Morgan fingerprint density at radius 2 is 1.77 bits per heavy atom. The first-order valence-corrected chi connectivity index (χ1v) is 13.5. The molecule has 2 heterocycles. The maximum Gasteiger partial charge on any atom is 0.297 e. The zero-order valence-corrected chi connectivity index (χ0v) is 22.9. The first-order chi connectivity index (χ1) is 19.3. The molecule has 40 heavy (non-hydrogen) atoms. The molecule has 0 fully saturated rings. The lowest BCUT2D eigenvalue weighted by Crippen LogP contribution is -2.42. The number of nitrogens with zero attached hydrogens (tertiary/aromatic N) is 3. The molecule has 1 atom stereocenters. The van der Waals surface area contributed by atoms with Crippen LogP contribution < -0.4 is 11.3 Å². The van der Waals surface area contributed by atoms with Gasteiger partial charge in [0, 0.05) is 12.1 Å². The molecule has 1 unspecified atom stereocenters. The normalized spacial score (nSPS) is 12.3. The zero-order chi connectivity index (χ0) is 28.4. The molecule has 0 aliphatic carbocycles. The highest BCUT2D eigenvalue weighted by molar-refractivity contribution is 6.02. The number of halogens is 1. The van der Waals surface area contributed by atoms with Crippen LogP contribution >= 0.6 is 0 Å². The van der Waals surface area contributed by atoms with Crippen molar-refractivity contribution in [2.45, 2.75) is 39.8 Å². The lowest BCUT2D eigenvalue weighted by molar-refractivity contribution is 0.0602. The molecule has 2 N–H and O–H groups in total. The van der Waals surface area contributed by atoms with Gasteiger partial charge >= 0.3 is 0 Å². The van der Waals surface area contributed by atoms with Crippen LogP contribution in [-0.4, -0.2) is 33.4 Å². The lowest BCUT2D eigenvalue weighted by atomic mass is 9.98. The third kappa shape index (κ3) is 5.14. The number of furan rings is 1. The second-order valence-electron chi connectivity index (χ2n) is 10.4. The molecule has 0 aliphatic heterocycles. The van der Waals surface area contributed by atoms with Gasteiger partial charge in [0.05, 0.1) is 18.0 Å². The van der Waals surface area contributed by atoms with E-state index in [1.165, 1.54) is 12.1 Å². The van der Waals surface area contributed by atoms with Crippen molar-refractivity contribution >= 4 is 28.0 Å². The van der Waals surface area contributed by atoms with Crippen LogP contribution in [0.3, 0.4) is 0 Å². The Morgan fingerprint density at radius 1 is 1.05 bits per heavy atom. The number of fused-ring (bicyclic) bond motifs is 3. The fraction of sp³-hybridized carbons (Fsp3) is 0.281. The molecule has 5 aromatic rings. The highest BCUT2D eigenvalue weighted by Crippen LogP contribution is 2.33. The number of aryl methyl sites for hydroxylation is 1. The predicted octanol–water partition coefficient (Wildman–Crippen LogP) is 5.83. The summed E-state index contributed by atoms with van der Waals surface area (Å²) in [7, 11) is 0. The second kappa shape index (κ2) is 11.4. The number of aromatic nitrogens is 2. The molecule has 0 aliphatic rings. The van der Waals surface area contributed by atoms with Crippen LogP contribution in [0.4, 0.5) is 4.39 Å². The minimum atomic E-state index is -0.599. The fourth-order valence-electron chi connectivity index (χ4n) is 5.18. The van der Waals surface area contributed by atoms with Gasteiger partial charge in [0.2, 0.25) is 5.58 Å². The first-order valence-electron chi connectivity index (χ1n) is 13.5. The summed E-state index contributed by atoms with van der Waals surface area (Å²) in [6, 6.07) is 20.8. The highest BCUT2D eigenvalue weighted by Gasteiger charge is 2.33. The monoisotopic (exact) mass is 540 g/mol. The molecule has 0 saturated carbocycles. The van der Waals surface area contributed by atoms with Gasteiger partial charge in [-0.2, -0.15) is 0 Å². The Hall–Kier alpha value is -4.30. The van der Waals surface area contributed by atoms with Crippen LogP contribution in [0.1, 0.15) is 53.6 Å². The molecule has 8 heteroatoms. The molecule has 0 spiro atoms. The topological polar surface area (TPSA) is 94.4 Å². The van der Waals surface area contributed by atoms with Crippen LogP contribution in [-0.2, 0) is 6.54 Å². The summed E-state index contributed by atoms with van der Waals surface area (Å²) in [6.45, 7) is 6.91. The maximum absolute atomic E-state index is 15.0. The molecule has 3 aromatic carbocycles. The Bertz CT molecular complexity index is 1710. The Balaban J connectivity index is 1.77. The third-order valence-corrected chi connectivity index (χ3v) is 7.16. The highest BCUT2D eigenvalue weighted by atomic mass is 19.1. The number of hydrogen-bond acceptors (Lipinski definition) is 5. The van der Waals surface area contributed by atoms with Crippen LogP contribution in [0.5, 0.6) is 0 Å². The first kappa shape index (κ1) is 27.3. The molecule has 206 valence electrons. The Morgan fingerprint density at radius 3 is 2.45 bits per heavy atom. The van der Waals surface area contributed by atoms with Crippen LogP contribution in [0.25, 0.3) is 22.1 Å². The number of carbonyl (C=O) groups is 1. The fourth-order valence-corrected chi connectivity index (χ4v) is 5.18. The smallest absolute Gasteiger partial charge is 0.297 e. The van der Waals surface area contributed by atoms with Crippen LogP contribution in [0.2, 0.25) is 0 Å². The quantitative estimate of drug-likeness (QED) is 0.254. The van der Waals surface area contributed by atoms with Crippen molar-refractivity contribution in [3.8, 4) is 0 Å². The summed E-state index contributed by atoms with van der Waals surface area (Å²) in [5, 5.41) is 0.156. The summed E-state index contributed by atoms with van der Waals surface area (Å²) in [6.07, 6.45) is 0.565. The number of carbonyl (C=O) groups excluding carboxylic acids is 1. The summed E-state index contributed by atoms with van der Waals surface area (Å²) in [5.74, 6) is -0.468. The van der Waals surface area contributed by atoms with Gasteiger partial charge in [0.1, 0.15) is 22.7 Å². The number of hydrogen-bond donors (Lipinski definition) is 1. The van der Waals surface area contributed by atoms with Gasteiger partial charge in [-0.1, -0.05) is 67.9 Å². The van der Waals surface area contributed by atoms with E-state index in [1.54, 1.807) is 27.7 Å². The van der Waals surface area contributed by atoms with E-state index in [2.05, 4.69) is 0 Å². The second-order valence-corrected chi connectivity index (χ2v) is 10.4. The average molecular weight is 541 g/mol. The predicted molar refractivity (Wildman–Crippen MR) is 155 cm³/mol. The molecule has 0 saturated heterocycles. The van der Waals surface area contributed by atoms with Gasteiger partial charge in [0.25, 0.3) is 11.5 Å². The minimum absolute atomic E-state index is 0.0133. The molecule has 1 amide bonds. The molecule has 5 rings (SSSR count). The van der Waals surface area contributed by atoms with Crippen molar-refractivity contribution in [1.29, 1.82) is 0 Å². The van der Waals surface area contributed by atoms with Gasteiger partial charge in [-0.25, -0.2) is 9.37 Å². The van der Waals surface area contributed by atoms with E-state index in [-0.39, 0.29) is 40.4 Å². The molecule has 0 radical (unpaired) electrons. The number of nitrogens with two attached hydrogens (primary N) is 1.